The topological polar surface area (TPSA) is 38.7 Å². The maximum Gasteiger partial charge on any atom is 0.163 e. The van der Waals surface area contributed by atoms with Gasteiger partial charge in [-0.15, -0.1) is 0 Å². The summed E-state index contributed by atoms with van der Waals surface area (Å²) in [6, 6.07) is 47.5. The third kappa shape index (κ3) is 3.95. The van der Waals surface area contributed by atoms with Gasteiger partial charge in [0, 0.05) is 16.4 Å². The van der Waals surface area contributed by atoms with Crippen LogP contribution in [-0.2, 0) is 10.8 Å². The first kappa shape index (κ1) is 29.0. The molecule has 0 spiro atoms. The van der Waals surface area contributed by atoms with Gasteiger partial charge in [-0.05, 0) is 107 Å². The van der Waals surface area contributed by atoms with E-state index in [-0.39, 0.29) is 10.8 Å². The summed E-state index contributed by atoms with van der Waals surface area (Å²) in [6.07, 6.45) is 3.18. The molecule has 10 rings (SSSR count). The van der Waals surface area contributed by atoms with Crippen LogP contribution in [0.4, 0.5) is 0 Å². The maximum absolute atomic E-state index is 4.67. The Bertz CT molecular complexity index is 2700. The van der Waals surface area contributed by atoms with Crippen molar-refractivity contribution in [1.29, 1.82) is 0 Å². The Morgan fingerprint density at radius 3 is 1.64 bits per heavy atom. The highest BCUT2D eigenvalue weighted by molar-refractivity contribution is 6.21. The Balaban J connectivity index is 1.26. The largest absolute Gasteiger partial charge is 0.225 e. The lowest BCUT2D eigenvalue weighted by Crippen LogP contribution is -2.14. The second kappa shape index (κ2) is 10.3. The SMILES string of the molecule is CC1(C)c2ccccc2-c2cc(-c3c4ccccc4c(-c4ncncn4)c4ccc(-c5ccc6c(c5)C(C)(C)c5ccccc5-6)cc34)ccc21. The lowest BCUT2D eigenvalue weighted by atomic mass is 9.81. The second-order valence-electron chi connectivity index (χ2n) is 14.9. The molecule has 0 N–H and O–H groups in total. The van der Waals surface area contributed by atoms with Gasteiger partial charge in [-0.1, -0.05) is 137 Å². The van der Waals surface area contributed by atoms with Gasteiger partial charge in [0.2, 0.25) is 0 Å². The van der Waals surface area contributed by atoms with Crippen LogP contribution in [0.25, 0.3) is 77.4 Å². The summed E-state index contributed by atoms with van der Waals surface area (Å²) in [7, 11) is 0. The van der Waals surface area contributed by atoms with Crippen LogP contribution in [0.15, 0.2) is 140 Å². The molecular weight excluding hydrogens is 607 g/mol. The Kier molecular flexibility index (Phi) is 5.97. The van der Waals surface area contributed by atoms with Gasteiger partial charge in [-0.2, -0.15) is 0 Å². The van der Waals surface area contributed by atoms with Crippen LogP contribution in [0.3, 0.4) is 0 Å². The van der Waals surface area contributed by atoms with Crippen LogP contribution in [0, 0.1) is 0 Å². The molecule has 238 valence electrons. The Hall–Kier alpha value is -5.93. The molecule has 1 aromatic heterocycles. The molecule has 0 atom stereocenters. The minimum atomic E-state index is -0.0690. The van der Waals surface area contributed by atoms with Crippen LogP contribution >= 0.6 is 0 Å². The molecule has 0 bridgehead atoms. The maximum atomic E-state index is 4.67. The number of nitrogens with zero attached hydrogens (tertiary/aromatic N) is 3. The highest BCUT2D eigenvalue weighted by atomic mass is 15.0. The molecule has 0 radical (unpaired) electrons. The number of hydrogen-bond donors (Lipinski definition) is 0. The zero-order valence-electron chi connectivity index (χ0n) is 28.6. The van der Waals surface area contributed by atoms with Crippen LogP contribution in [0.5, 0.6) is 0 Å². The van der Waals surface area contributed by atoms with Crippen LogP contribution in [0.2, 0.25) is 0 Å². The quantitative estimate of drug-likeness (QED) is 0.180. The van der Waals surface area contributed by atoms with Crippen molar-refractivity contribution < 1.29 is 0 Å². The van der Waals surface area contributed by atoms with E-state index in [0.717, 1.165) is 16.3 Å². The monoisotopic (exact) mass is 641 g/mol. The summed E-state index contributed by atoms with van der Waals surface area (Å²) in [5.41, 5.74) is 16.6. The van der Waals surface area contributed by atoms with Crippen molar-refractivity contribution in [3.8, 4) is 55.9 Å². The predicted octanol–water partition coefficient (Wildman–Crippen LogP) is 11.8. The lowest BCUT2D eigenvalue weighted by Gasteiger charge is -2.22. The van der Waals surface area contributed by atoms with Crippen molar-refractivity contribution in [3.05, 3.63) is 162 Å². The van der Waals surface area contributed by atoms with Gasteiger partial charge < -0.3 is 0 Å². The fourth-order valence-electron chi connectivity index (χ4n) is 9.04. The molecule has 0 saturated heterocycles. The second-order valence-corrected chi connectivity index (χ2v) is 14.9. The van der Waals surface area contributed by atoms with Crippen molar-refractivity contribution in [2.75, 3.05) is 0 Å². The smallest absolute Gasteiger partial charge is 0.163 e. The number of hydrogen-bond acceptors (Lipinski definition) is 3. The number of benzene rings is 7. The highest BCUT2D eigenvalue weighted by Crippen LogP contribution is 2.52. The summed E-state index contributed by atoms with van der Waals surface area (Å²) < 4.78 is 0. The summed E-state index contributed by atoms with van der Waals surface area (Å²) in [5.74, 6) is 0.683. The van der Waals surface area contributed by atoms with E-state index < -0.39 is 0 Å². The van der Waals surface area contributed by atoms with E-state index in [0.29, 0.717) is 5.82 Å². The molecule has 0 unspecified atom stereocenters. The summed E-state index contributed by atoms with van der Waals surface area (Å²) in [6.45, 7) is 9.38. The van der Waals surface area contributed by atoms with Gasteiger partial charge >= 0.3 is 0 Å². The van der Waals surface area contributed by atoms with Gasteiger partial charge in [0.25, 0.3) is 0 Å². The predicted molar refractivity (Wildman–Crippen MR) is 206 cm³/mol. The molecule has 0 aliphatic heterocycles. The Morgan fingerprint density at radius 2 is 0.900 bits per heavy atom. The van der Waals surface area contributed by atoms with E-state index in [9.17, 15) is 0 Å². The van der Waals surface area contributed by atoms with Crippen LogP contribution in [-0.4, -0.2) is 15.0 Å². The van der Waals surface area contributed by atoms with E-state index in [1.807, 2.05) is 0 Å². The molecule has 1 heterocycles. The molecule has 8 aromatic rings. The van der Waals surface area contributed by atoms with E-state index in [2.05, 4.69) is 170 Å². The standard InChI is InChI=1S/C47H35N3/c1-46(2)40-16-10-8-12-32(40)37-24-30(19-22-41(37)46)43-34-13-5-6-14-35(34)44(45-49-26-48-27-50-45)36-21-18-28(23-38(36)43)29-17-20-33-31-11-7-9-15-39(31)47(3,4)42(33)25-29/h5-27H,1-4H3. The first-order valence-corrected chi connectivity index (χ1v) is 17.4. The molecule has 0 saturated carbocycles. The molecule has 7 aromatic carbocycles. The summed E-state index contributed by atoms with van der Waals surface area (Å²) in [5, 5.41) is 4.63. The minimum Gasteiger partial charge on any atom is -0.225 e. The van der Waals surface area contributed by atoms with Crippen molar-refractivity contribution in [3.63, 3.8) is 0 Å². The van der Waals surface area contributed by atoms with Gasteiger partial charge in [0.05, 0.1) is 0 Å². The van der Waals surface area contributed by atoms with Gasteiger partial charge in [0.1, 0.15) is 12.7 Å². The van der Waals surface area contributed by atoms with Gasteiger partial charge in [0.15, 0.2) is 5.82 Å². The summed E-state index contributed by atoms with van der Waals surface area (Å²) in [4.78, 5) is 13.5. The molecule has 2 aliphatic carbocycles. The van der Waals surface area contributed by atoms with E-state index >= 15 is 0 Å². The van der Waals surface area contributed by atoms with E-state index in [1.165, 1.54) is 77.5 Å². The van der Waals surface area contributed by atoms with Crippen molar-refractivity contribution in [2.45, 2.75) is 38.5 Å². The Labute approximate surface area is 292 Å². The van der Waals surface area contributed by atoms with Crippen molar-refractivity contribution in [1.82, 2.24) is 15.0 Å². The number of aromatic nitrogens is 3. The van der Waals surface area contributed by atoms with Gasteiger partial charge in [-0.25, -0.2) is 15.0 Å². The van der Waals surface area contributed by atoms with Crippen LogP contribution < -0.4 is 0 Å². The zero-order chi connectivity index (χ0) is 33.8. The van der Waals surface area contributed by atoms with Crippen LogP contribution in [0.1, 0.15) is 49.9 Å². The Morgan fingerprint density at radius 1 is 0.380 bits per heavy atom. The van der Waals surface area contributed by atoms with E-state index in [4.69, 9.17) is 0 Å². The third-order valence-corrected chi connectivity index (χ3v) is 11.5. The molecule has 3 nitrogen and oxygen atoms in total. The lowest BCUT2D eigenvalue weighted by molar-refractivity contribution is 0.660. The zero-order valence-corrected chi connectivity index (χ0v) is 28.6. The van der Waals surface area contributed by atoms with Gasteiger partial charge in [-0.3, -0.25) is 0 Å². The van der Waals surface area contributed by atoms with E-state index in [1.54, 1.807) is 12.7 Å². The molecule has 0 amide bonds. The third-order valence-electron chi connectivity index (χ3n) is 11.5. The number of fused-ring (bicyclic) bond motifs is 8. The molecule has 50 heavy (non-hydrogen) atoms. The fourth-order valence-corrected chi connectivity index (χ4v) is 9.04. The van der Waals surface area contributed by atoms with Crippen molar-refractivity contribution >= 4 is 21.5 Å². The average Bonchev–Trinajstić information content (AvgIpc) is 3.53. The first-order valence-electron chi connectivity index (χ1n) is 17.4. The number of rotatable bonds is 3. The average molecular weight is 642 g/mol. The van der Waals surface area contributed by atoms with Crippen molar-refractivity contribution in [2.24, 2.45) is 0 Å². The minimum absolute atomic E-state index is 0.0503. The fraction of sp³-hybridized carbons (Fsp3) is 0.128. The molecule has 0 fully saturated rings. The summed E-state index contributed by atoms with van der Waals surface area (Å²) >= 11 is 0. The normalized spacial score (nSPS) is 14.7. The highest BCUT2D eigenvalue weighted by Gasteiger charge is 2.36. The molecular formula is C47H35N3. The molecule has 2 aliphatic rings. The first-order chi connectivity index (χ1) is 24.3. The molecule has 3 heteroatoms.